The number of rotatable bonds is 4. The maximum atomic E-state index is 12.5. The molecule has 2 unspecified atom stereocenters. The molecule has 1 aliphatic carbocycles. The Balaban J connectivity index is 1.71. The molecule has 1 aliphatic rings. The van der Waals surface area contributed by atoms with E-state index in [-0.39, 0.29) is 11.9 Å². The van der Waals surface area contributed by atoms with Gasteiger partial charge >= 0.3 is 5.97 Å². The lowest BCUT2D eigenvalue weighted by molar-refractivity contribution is -0.143. The van der Waals surface area contributed by atoms with E-state index < -0.39 is 11.9 Å². The minimum atomic E-state index is -0.832. The summed E-state index contributed by atoms with van der Waals surface area (Å²) in [5.74, 6) is -1.66. The number of hydrogen-bond donors (Lipinski definition) is 2. The monoisotopic (exact) mass is 362 g/mol. The number of carbonyl (C=O) groups is 2. The normalized spacial score (nSPS) is 21.3. The van der Waals surface area contributed by atoms with Gasteiger partial charge in [-0.1, -0.05) is 25.7 Å². The van der Waals surface area contributed by atoms with Crippen LogP contribution in [-0.4, -0.2) is 37.8 Å². The SMILES string of the molecule is Cn1cc(-c2nc(C(=O)NC3CCCCCCC3C(=O)O)cs2)cn1. The van der Waals surface area contributed by atoms with Crippen LogP contribution in [0.5, 0.6) is 0 Å². The van der Waals surface area contributed by atoms with Crippen molar-refractivity contribution in [2.75, 3.05) is 0 Å². The number of carboxylic acid groups (broad SMARTS) is 1. The van der Waals surface area contributed by atoms with Gasteiger partial charge in [0.15, 0.2) is 0 Å². The van der Waals surface area contributed by atoms with Gasteiger partial charge < -0.3 is 10.4 Å². The molecular formula is C17H22N4O3S. The maximum absolute atomic E-state index is 12.5. The van der Waals surface area contributed by atoms with Crippen LogP contribution in [0.25, 0.3) is 10.6 Å². The summed E-state index contributed by atoms with van der Waals surface area (Å²) in [6, 6.07) is -0.339. The molecule has 8 heteroatoms. The molecule has 2 heterocycles. The lowest BCUT2D eigenvalue weighted by Gasteiger charge is -2.26. The second kappa shape index (κ2) is 7.77. The van der Waals surface area contributed by atoms with E-state index in [1.165, 1.54) is 11.3 Å². The van der Waals surface area contributed by atoms with Crippen LogP contribution in [0.4, 0.5) is 0 Å². The van der Waals surface area contributed by atoms with Gasteiger partial charge in [0.05, 0.1) is 12.1 Å². The first kappa shape index (κ1) is 17.6. The Morgan fingerprint density at radius 2 is 2.04 bits per heavy atom. The molecule has 0 aromatic carbocycles. The number of thiazole rings is 1. The average Bonchev–Trinajstić information content (AvgIpc) is 3.18. The van der Waals surface area contributed by atoms with E-state index >= 15 is 0 Å². The van der Waals surface area contributed by atoms with Crippen LogP contribution in [0, 0.1) is 5.92 Å². The van der Waals surface area contributed by atoms with Gasteiger partial charge in [-0.3, -0.25) is 14.3 Å². The summed E-state index contributed by atoms with van der Waals surface area (Å²) < 4.78 is 1.68. The van der Waals surface area contributed by atoms with Gasteiger partial charge in [0.2, 0.25) is 0 Å². The lowest BCUT2D eigenvalue weighted by Crippen LogP contribution is -2.44. The summed E-state index contributed by atoms with van der Waals surface area (Å²) in [5.41, 5.74) is 1.19. The number of aryl methyl sites for hydroxylation is 1. The quantitative estimate of drug-likeness (QED) is 0.871. The van der Waals surface area contributed by atoms with Gasteiger partial charge in [-0.15, -0.1) is 11.3 Å². The van der Waals surface area contributed by atoms with Crippen molar-refractivity contribution in [3.05, 3.63) is 23.5 Å². The van der Waals surface area contributed by atoms with E-state index in [4.69, 9.17) is 0 Å². The number of nitrogens with zero attached hydrogens (tertiary/aromatic N) is 3. The molecular weight excluding hydrogens is 340 g/mol. The standard InChI is InChI=1S/C17H22N4O3S/c1-21-9-11(8-18-21)16-20-14(10-25-16)15(22)19-13-7-5-3-2-4-6-12(13)17(23)24/h8-10,12-13H,2-7H2,1H3,(H,19,22)(H,23,24). The van der Waals surface area contributed by atoms with E-state index in [0.29, 0.717) is 18.5 Å². The van der Waals surface area contributed by atoms with Gasteiger partial charge in [-0.05, 0) is 12.8 Å². The van der Waals surface area contributed by atoms with E-state index in [1.807, 2.05) is 13.2 Å². The average molecular weight is 362 g/mol. The molecule has 0 aliphatic heterocycles. The highest BCUT2D eigenvalue weighted by atomic mass is 32.1. The van der Waals surface area contributed by atoms with Crippen molar-refractivity contribution < 1.29 is 14.7 Å². The molecule has 134 valence electrons. The van der Waals surface area contributed by atoms with Crippen molar-refractivity contribution in [1.29, 1.82) is 0 Å². The van der Waals surface area contributed by atoms with Crippen LogP contribution < -0.4 is 5.32 Å². The van der Waals surface area contributed by atoms with E-state index in [1.54, 1.807) is 16.3 Å². The summed E-state index contributed by atoms with van der Waals surface area (Å²) in [4.78, 5) is 28.5. The maximum Gasteiger partial charge on any atom is 0.308 e. The first-order valence-electron chi connectivity index (χ1n) is 8.53. The third kappa shape index (κ3) is 4.25. The molecule has 0 bridgehead atoms. The molecule has 25 heavy (non-hydrogen) atoms. The minimum absolute atomic E-state index is 0.303. The molecule has 3 rings (SSSR count). The zero-order valence-corrected chi connectivity index (χ0v) is 15.0. The Kier molecular flexibility index (Phi) is 5.47. The third-order valence-corrected chi connectivity index (χ3v) is 5.48. The summed E-state index contributed by atoms with van der Waals surface area (Å²) >= 11 is 1.38. The smallest absolute Gasteiger partial charge is 0.308 e. The van der Waals surface area contributed by atoms with Crippen LogP contribution in [0.2, 0.25) is 0 Å². The minimum Gasteiger partial charge on any atom is -0.481 e. The van der Waals surface area contributed by atoms with Gasteiger partial charge in [0.1, 0.15) is 10.7 Å². The van der Waals surface area contributed by atoms with Crippen molar-refractivity contribution >= 4 is 23.2 Å². The Labute approximate surface area is 150 Å². The number of nitrogens with one attached hydrogen (secondary N) is 1. The fourth-order valence-corrected chi connectivity index (χ4v) is 4.01. The molecule has 0 saturated heterocycles. The Morgan fingerprint density at radius 1 is 1.28 bits per heavy atom. The summed E-state index contributed by atoms with van der Waals surface area (Å²) in [6.07, 6.45) is 8.83. The first-order chi connectivity index (χ1) is 12.0. The van der Waals surface area contributed by atoms with Crippen molar-refractivity contribution in [3.63, 3.8) is 0 Å². The van der Waals surface area contributed by atoms with E-state index in [0.717, 1.165) is 36.3 Å². The Bertz CT molecular complexity index is 755. The van der Waals surface area contributed by atoms with Crippen LogP contribution in [0.15, 0.2) is 17.8 Å². The molecule has 2 N–H and O–H groups in total. The second-order valence-electron chi connectivity index (χ2n) is 6.46. The molecule has 1 saturated carbocycles. The van der Waals surface area contributed by atoms with Crippen LogP contribution in [-0.2, 0) is 11.8 Å². The molecule has 2 atom stereocenters. The predicted octanol–water partition coefficient (Wildman–Crippen LogP) is 2.70. The molecule has 2 aromatic rings. The molecule has 0 spiro atoms. The predicted molar refractivity (Wildman–Crippen MR) is 94.4 cm³/mol. The van der Waals surface area contributed by atoms with Crippen LogP contribution >= 0.6 is 11.3 Å². The number of carbonyl (C=O) groups excluding carboxylic acids is 1. The zero-order valence-electron chi connectivity index (χ0n) is 14.1. The van der Waals surface area contributed by atoms with Crippen molar-refractivity contribution in [2.45, 2.75) is 44.6 Å². The van der Waals surface area contributed by atoms with Gasteiger partial charge in [0.25, 0.3) is 5.91 Å². The number of hydrogen-bond acceptors (Lipinski definition) is 5. The molecule has 2 aromatic heterocycles. The highest BCUT2D eigenvalue weighted by molar-refractivity contribution is 7.13. The summed E-state index contributed by atoms with van der Waals surface area (Å²) in [7, 11) is 1.82. The first-order valence-corrected chi connectivity index (χ1v) is 9.41. The molecule has 1 amide bonds. The number of aliphatic carboxylic acids is 1. The van der Waals surface area contributed by atoms with Gasteiger partial charge in [0, 0.05) is 30.2 Å². The van der Waals surface area contributed by atoms with E-state index in [2.05, 4.69) is 15.4 Å². The molecule has 1 fully saturated rings. The third-order valence-electron chi connectivity index (χ3n) is 4.59. The van der Waals surface area contributed by atoms with Crippen molar-refractivity contribution in [3.8, 4) is 10.6 Å². The Hall–Kier alpha value is -2.22. The number of carboxylic acids is 1. The fourth-order valence-electron chi connectivity index (χ4n) is 3.24. The Morgan fingerprint density at radius 3 is 2.72 bits per heavy atom. The van der Waals surface area contributed by atoms with E-state index in [9.17, 15) is 14.7 Å². The van der Waals surface area contributed by atoms with Crippen molar-refractivity contribution in [1.82, 2.24) is 20.1 Å². The number of aromatic nitrogens is 3. The van der Waals surface area contributed by atoms with Crippen molar-refractivity contribution in [2.24, 2.45) is 13.0 Å². The highest BCUT2D eigenvalue weighted by Crippen LogP contribution is 2.25. The summed E-state index contributed by atoms with van der Waals surface area (Å²) in [5, 5.41) is 18.9. The number of amides is 1. The van der Waals surface area contributed by atoms with Crippen LogP contribution in [0.1, 0.15) is 49.0 Å². The zero-order chi connectivity index (χ0) is 17.8. The lowest BCUT2D eigenvalue weighted by atomic mass is 9.86. The molecule has 7 nitrogen and oxygen atoms in total. The highest BCUT2D eigenvalue weighted by Gasteiger charge is 2.30. The van der Waals surface area contributed by atoms with Gasteiger partial charge in [-0.2, -0.15) is 5.10 Å². The molecule has 0 radical (unpaired) electrons. The summed E-state index contributed by atoms with van der Waals surface area (Å²) in [6.45, 7) is 0. The van der Waals surface area contributed by atoms with Crippen LogP contribution in [0.3, 0.4) is 0 Å². The largest absolute Gasteiger partial charge is 0.481 e. The topological polar surface area (TPSA) is 97.1 Å². The second-order valence-corrected chi connectivity index (χ2v) is 7.31. The fraction of sp³-hybridized carbons (Fsp3) is 0.529. The van der Waals surface area contributed by atoms with Gasteiger partial charge in [-0.25, -0.2) is 4.98 Å².